The standard InChI is InChI=1S/C15H22N2O4/c1-4-16-15(13(20)21,8-5-6-8)7-17-11(18)9-10(12(17)19)14(9,2)3/h8-10,16H,4-7H2,1-3H3,(H,20,21). The molecule has 0 aromatic carbocycles. The van der Waals surface area contributed by atoms with Crippen LogP contribution < -0.4 is 5.32 Å². The molecule has 3 rings (SSSR count). The molecule has 6 nitrogen and oxygen atoms in total. The van der Waals surface area contributed by atoms with Gasteiger partial charge < -0.3 is 10.4 Å². The maximum atomic E-state index is 12.4. The summed E-state index contributed by atoms with van der Waals surface area (Å²) in [5.41, 5.74) is -1.44. The summed E-state index contributed by atoms with van der Waals surface area (Å²) in [6.07, 6.45) is 1.65. The van der Waals surface area contributed by atoms with Crippen molar-refractivity contribution in [1.82, 2.24) is 10.2 Å². The number of rotatable bonds is 6. The van der Waals surface area contributed by atoms with E-state index >= 15 is 0 Å². The Hall–Kier alpha value is -1.43. The Morgan fingerprint density at radius 1 is 1.33 bits per heavy atom. The van der Waals surface area contributed by atoms with E-state index in [0.717, 1.165) is 12.8 Å². The lowest BCUT2D eigenvalue weighted by molar-refractivity contribution is -0.151. The van der Waals surface area contributed by atoms with Crippen molar-refractivity contribution < 1.29 is 19.5 Å². The number of hydrogen-bond acceptors (Lipinski definition) is 4. The monoisotopic (exact) mass is 294 g/mol. The van der Waals surface area contributed by atoms with E-state index in [2.05, 4.69) is 5.32 Å². The number of fused-ring (bicyclic) bond motifs is 1. The molecule has 0 bridgehead atoms. The van der Waals surface area contributed by atoms with Gasteiger partial charge in [0.2, 0.25) is 11.8 Å². The molecule has 21 heavy (non-hydrogen) atoms. The van der Waals surface area contributed by atoms with Crippen molar-refractivity contribution >= 4 is 17.8 Å². The first kappa shape index (κ1) is 14.5. The SMILES string of the molecule is CCNC(CN1C(=O)C2C(C1=O)C2(C)C)(C(=O)O)C1CC1. The summed E-state index contributed by atoms with van der Waals surface area (Å²) >= 11 is 0. The average molecular weight is 294 g/mol. The number of imide groups is 1. The number of hydrogen-bond donors (Lipinski definition) is 2. The van der Waals surface area contributed by atoms with E-state index in [0.29, 0.717) is 6.54 Å². The number of aliphatic carboxylic acids is 1. The molecule has 0 spiro atoms. The maximum Gasteiger partial charge on any atom is 0.326 e. The summed E-state index contributed by atoms with van der Waals surface area (Å²) in [5, 5.41) is 12.7. The molecule has 116 valence electrons. The van der Waals surface area contributed by atoms with Crippen LogP contribution in [0.3, 0.4) is 0 Å². The van der Waals surface area contributed by atoms with Crippen LogP contribution >= 0.6 is 0 Å². The summed E-state index contributed by atoms with van der Waals surface area (Å²) in [7, 11) is 0. The van der Waals surface area contributed by atoms with Crippen molar-refractivity contribution in [2.75, 3.05) is 13.1 Å². The number of carbonyl (C=O) groups is 3. The highest BCUT2D eigenvalue weighted by Crippen LogP contribution is 2.63. The first-order valence-corrected chi connectivity index (χ1v) is 7.61. The van der Waals surface area contributed by atoms with Crippen molar-refractivity contribution in [3.63, 3.8) is 0 Å². The van der Waals surface area contributed by atoms with Gasteiger partial charge in [-0.2, -0.15) is 0 Å². The van der Waals surface area contributed by atoms with E-state index in [1.807, 2.05) is 20.8 Å². The number of piperidine rings is 1. The minimum atomic E-state index is -1.18. The molecule has 0 aromatic heterocycles. The minimum absolute atomic E-state index is 0.000451. The highest BCUT2D eigenvalue weighted by Gasteiger charge is 2.73. The summed E-state index contributed by atoms with van der Waals surface area (Å²) in [5.74, 6) is -1.86. The maximum absolute atomic E-state index is 12.4. The van der Waals surface area contributed by atoms with Gasteiger partial charge in [0, 0.05) is 0 Å². The molecule has 0 aromatic rings. The Labute approximate surface area is 123 Å². The zero-order chi connectivity index (χ0) is 15.6. The second kappa shape index (κ2) is 4.29. The summed E-state index contributed by atoms with van der Waals surface area (Å²) in [6.45, 7) is 6.14. The van der Waals surface area contributed by atoms with Crippen LogP contribution in [0.1, 0.15) is 33.6 Å². The van der Waals surface area contributed by atoms with E-state index in [4.69, 9.17) is 0 Å². The normalized spacial score (nSPS) is 32.8. The van der Waals surface area contributed by atoms with Crippen molar-refractivity contribution in [2.45, 2.75) is 39.2 Å². The number of likely N-dealkylation sites (N-methyl/N-ethyl adjacent to an activating group) is 1. The Bertz CT molecular complexity index is 502. The molecular formula is C15H22N2O4. The first-order chi connectivity index (χ1) is 9.77. The molecule has 1 aliphatic heterocycles. The summed E-state index contributed by atoms with van der Waals surface area (Å²) in [4.78, 5) is 37.8. The van der Waals surface area contributed by atoms with Gasteiger partial charge in [0.1, 0.15) is 5.54 Å². The third-order valence-electron chi connectivity index (χ3n) is 5.45. The van der Waals surface area contributed by atoms with Gasteiger partial charge in [0.15, 0.2) is 0 Å². The number of amides is 2. The smallest absolute Gasteiger partial charge is 0.326 e. The van der Waals surface area contributed by atoms with Crippen molar-refractivity contribution in [3.8, 4) is 0 Å². The highest BCUT2D eigenvalue weighted by molar-refractivity contribution is 6.10. The Balaban J connectivity index is 1.83. The van der Waals surface area contributed by atoms with Gasteiger partial charge in [-0.05, 0) is 30.7 Å². The molecule has 0 radical (unpaired) electrons. The van der Waals surface area contributed by atoms with Gasteiger partial charge in [-0.3, -0.25) is 19.3 Å². The summed E-state index contributed by atoms with van der Waals surface area (Å²) in [6, 6.07) is 0. The number of carboxylic acid groups (broad SMARTS) is 1. The Morgan fingerprint density at radius 3 is 2.24 bits per heavy atom. The van der Waals surface area contributed by atoms with Crippen LogP contribution in [0, 0.1) is 23.2 Å². The van der Waals surface area contributed by atoms with Crippen molar-refractivity contribution in [3.05, 3.63) is 0 Å². The van der Waals surface area contributed by atoms with E-state index in [9.17, 15) is 19.5 Å². The third kappa shape index (κ3) is 1.84. The number of nitrogens with zero attached hydrogens (tertiary/aromatic N) is 1. The molecule has 1 heterocycles. The molecule has 2 N–H and O–H groups in total. The largest absolute Gasteiger partial charge is 0.480 e. The number of carbonyl (C=O) groups excluding carboxylic acids is 2. The van der Waals surface area contributed by atoms with Crippen LogP contribution in [0.4, 0.5) is 0 Å². The lowest BCUT2D eigenvalue weighted by atomic mass is 9.91. The second-order valence-corrected chi connectivity index (χ2v) is 7.12. The summed E-state index contributed by atoms with van der Waals surface area (Å²) < 4.78 is 0. The lowest BCUT2D eigenvalue weighted by Crippen LogP contribution is -2.62. The lowest BCUT2D eigenvalue weighted by Gasteiger charge is -2.34. The number of likely N-dealkylation sites (tertiary alicyclic amines) is 1. The van der Waals surface area contributed by atoms with Crippen molar-refractivity contribution in [1.29, 1.82) is 0 Å². The molecule has 1 saturated heterocycles. The topological polar surface area (TPSA) is 86.7 Å². The average Bonchev–Trinajstić information content (AvgIpc) is 3.27. The zero-order valence-electron chi connectivity index (χ0n) is 12.7. The fourth-order valence-electron chi connectivity index (χ4n) is 3.95. The zero-order valence-corrected chi connectivity index (χ0v) is 12.7. The molecule has 2 saturated carbocycles. The van der Waals surface area contributed by atoms with E-state index in [1.165, 1.54) is 4.90 Å². The molecule has 6 heteroatoms. The predicted molar refractivity (Wildman–Crippen MR) is 74.2 cm³/mol. The van der Waals surface area contributed by atoms with Crippen LogP contribution in [-0.2, 0) is 14.4 Å². The van der Waals surface area contributed by atoms with Crippen LogP contribution in [0.2, 0.25) is 0 Å². The van der Waals surface area contributed by atoms with Crippen LogP contribution in [-0.4, -0.2) is 46.4 Å². The van der Waals surface area contributed by atoms with E-state index in [-0.39, 0.29) is 41.5 Å². The molecule has 3 aliphatic rings. The molecule has 2 aliphatic carbocycles. The predicted octanol–water partition coefficient (Wildman–Crippen LogP) is 0.470. The molecule has 3 unspecified atom stereocenters. The van der Waals surface area contributed by atoms with Crippen molar-refractivity contribution in [2.24, 2.45) is 23.2 Å². The molecule has 2 amide bonds. The van der Waals surface area contributed by atoms with Gasteiger partial charge in [-0.1, -0.05) is 20.8 Å². The molecule has 3 atom stereocenters. The number of nitrogens with one attached hydrogen (secondary N) is 1. The van der Waals surface area contributed by atoms with Gasteiger partial charge in [0.25, 0.3) is 0 Å². The minimum Gasteiger partial charge on any atom is -0.480 e. The highest BCUT2D eigenvalue weighted by atomic mass is 16.4. The third-order valence-corrected chi connectivity index (χ3v) is 5.45. The van der Waals surface area contributed by atoms with Gasteiger partial charge in [-0.15, -0.1) is 0 Å². The van der Waals surface area contributed by atoms with Crippen LogP contribution in [0.15, 0.2) is 0 Å². The Kier molecular flexibility index (Phi) is 2.96. The van der Waals surface area contributed by atoms with Crippen LogP contribution in [0.25, 0.3) is 0 Å². The first-order valence-electron chi connectivity index (χ1n) is 7.61. The van der Waals surface area contributed by atoms with Gasteiger partial charge in [0.05, 0.1) is 18.4 Å². The van der Waals surface area contributed by atoms with Gasteiger partial charge in [-0.25, -0.2) is 0 Å². The second-order valence-electron chi connectivity index (χ2n) is 7.12. The number of carboxylic acids is 1. The Morgan fingerprint density at radius 2 is 1.86 bits per heavy atom. The molecule has 3 fully saturated rings. The van der Waals surface area contributed by atoms with Gasteiger partial charge >= 0.3 is 5.97 Å². The van der Waals surface area contributed by atoms with E-state index < -0.39 is 11.5 Å². The fraction of sp³-hybridized carbons (Fsp3) is 0.800. The molecular weight excluding hydrogens is 272 g/mol. The van der Waals surface area contributed by atoms with E-state index in [1.54, 1.807) is 0 Å². The fourth-order valence-corrected chi connectivity index (χ4v) is 3.95. The van der Waals surface area contributed by atoms with Crippen LogP contribution in [0.5, 0.6) is 0 Å². The quantitative estimate of drug-likeness (QED) is 0.695.